The number of nitrogens with two attached hydrogens (primary N) is 1. The maximum atomic E-state index is 12.6. The zero-order valence-electron chi connectivity index (χ0n) is 15.3. The fourth-order valence-corrected chi connectivity index (χ4v) is 3.10. The number of rotatable bonds is 9. The first-order valence-electron chi connectivity index (χ1n) is 8.76. The van der Waals surface area contributed by atoms with E-state index < -0.39 is 0 Å². The number of amides is 2. The number of nitrogens with zero attached hydrogens (tertiary/aromatic N) is 2. The van der Waals surface area contributed by atoms with Crippen LogP contribution in [0.1, 0.15) is 25.1 Å². The van der Waals surface area contributed by atoms with Gasteiger partial charge in [-0.1, -0.05) is 44.2 Å². The number of hydrogen-bond acceptors (Lipinski definition) is 5. The van der Waals surface area contributed by atoms with Crippen molar-refractivity contribution in [3.63, 3.8) is 0 Å². The highest BCUT2D eigenvalue weighted by atomic mass is 32.1. The molecule has 0 spiro atoms. The van der Waals surface area contributed by atoms with Crippen molar-refractivity contribution in [1.29, 1.82) is 0 Å². The molecule has 2 rings (SSSR count). The average molecular weight is 375 g/mol. The van der Waals surface area contributed by atoms with Crippen LogP contribution in [0.25, 0.3) is 0 Å². The summed E-state index contributed by atoms with van der Waals surface area (Å²) in [6.45, 7) is 5.22. The maximum Gasteiger partial charge on any atom is 0.228 e. The van der Waals surface area contributed by atoms with Gasteiger partial charge in [-0.3, -0.25) is 9.59 Å². The molecule has 0 unspecified atom stereocenters. The molecule has 3 N–H and O–H groups in total. The van der Waals surface area contributed by atoms with Crippen LogP contribution in [0.15, 0.2) is 35.7 Å². The molecule has 1 aromatic heterocycles. The van der Waals surface area contributed by atoms with Crippen LogP contribution < -0.4 is 11.1 Å². The molecule has 0 fully saturated rings. The van der Waals surface area contributed by atoms with E-state index in [1.807, 2.05) is 37.4 Å². The van der Waals surface area contributed by atoms with Gasteiger partial charge in [-0.05, 0) is 12.0 Å². The molecule has 6 nitrogen and oxygen atoms in total. The van der Waals surface area contributed by atoms with Crippen molar-refractivity contribution in [2.75, 3.05) is 25.0 Å². The van der Waals surface area contributed by atoms with E-state index >= 15 is 0 Å². The highest BCUT2D eigenvalue weighted by molar-refractivity contribution is 7.13. The molecular formula is C19H26N4O2S. The third-order valence-electron chi connectivity index (χ3n) is 3.90. The smallest absolute Gasteiger partial charge is 0.228 e. The zero-order chi connectivity index (χ0) is 18.9. The van der Waals surface area contributed by atoms with Gasteiger partial charge in [0.05, 0.1) is 12.1 Å². The normalized spacial score (nSPS) is 10.8. The van der Waals surface area contributed by atoms with Crippen LogP contribution >= 0.6 is 11.3 Å². The van der Waals surface area contributed by atoms with Gasteiger partial charge in [0.25, 0.3) is 0 Å². The summed E-state index contributed by atoms with van der Waals surface area (Å²) in [4.78, 5) is 30.5. The molecule has 7 heteroatoms. The first kappa shape index (κ1) is 20.1. The molecule has 0 saturated carbocycles. The van der Waals surface area contributed by atoms with E-state index in [9.17, 15) is 9.59 Å². The largest absolute Gasteiger partial charge is 0.341 e. The Labute approximate surface area is 158 Å². The van der Waals surface area contributed by atoms with Crippen LogP contribution in [0.2, 0.25) is 0 Å². The van der Waals surface area contributed by atoms with Gasteiger partial charge < -0.3 is 16.0 Å². The highest BCUT2D eigenvalue weighted by Crippen LogP contribution is 2.17. The van der Waals surface area contributed by atoms with E-state index in [1.54, 1.807) is 4.90 Å². The molecule has 0 bridgehead atoms. The maximum absolute atomic E-state index is 12.6. The lowest BCUT2D eigenvalue weighted by Crippen LogP contribution is -2.38. The molecule has 2 amide bonds. The number of carbonyl (C=O) groups is 2. The summed E-state index contributed by atoms with van der Waals surface area (Å²) < 4.78 is 0. The third kappa shape index (κ3) is 6.24. The fourth-order valence-electron chi connectivity index (χ4n) is 2.39. The lowest BCUT2D eigenvalue weighted by atomic mass is 10.1. The van der Waals surface area contributed by atoms with Gasteiger partial charge in [-0.25, -0.2) is 4.98 Å². The second-order valence-electron chi connectivity index (χ2n) is 6.37. The third-order valence-corrected chi connectivity index (χ3v) is 4.71. The topological polar surface area (TPSA) is 88.3 Å². The van der Waals surface area contributed by atoms with Crippen molar-refractivity contribution >= 4 is 28.3 Å². The minimum absolute atomic E-state index is 0.00147. The van der Waals surface area contributed by atoms with Gasteiger partial charge in [-0.15, -0.1) is 11.3 Å². The summed E-state index contributed by atoms with van der Waals surface area (Å²) in [7, 11) is 0. The summed E-state index contributed by atoms with van der Waals surface area (Å²) in [5.74, 6) is -0.190. The molecule has 1 aromatic carbocycles. The van der Waals surface area contributed by atoms with Gasteiger partial charge in [0, 0.05) is 30.9 Å². The SMILES string of the molecule is CC(C)C(=O)Nc1nc(CC(=O)N(CCN)CCc2ccccc2)cs1. The predicted molar refractivity (Wildman–Crippen MR) is 105 cm³/mol. The van der Waals surface area contributed by atoms with Gasteiger partial charge >= 0.3 is 0 Å². The van der Waals surface area contributed by atoms with E-state index in [-0.39, 0.29) is 24.2 Å². The van der Waals surface area contributed by atoms with Crippen molar-refractivity contribution in [2.45, 2.75) is 26.7 Å². The molecule has 0 radical (unpaired) electrons. The monoisotopic (exact) mass is 374 g/mol. The molecule has 140 valence electrons. The molecule has 2 aromatic rings. The lowest BCUT2D eigenvalue weighted by Gasteiger charge is -2.21. The van der Waals surface area contributed by atoms with Crippen LogP contribution in [-0.4, -0.2) is 41.3 Å². The Hall–Kier alpha value is -2.25. The van der Waals surface area contributed by atoms with E-state index in [0.29, 0.717) is 30.5 Å². The van der Waals surface area contributed by atoms with Crippen LogP contribution in [-0.2, 0) is 22.4 Å². The number of thiazole rings is 1. The first-order valence-corrected chi connectivity index (χ1v) is 9.64. The quantitative estimate of drug-likeness (QED) is 0.705. The van der Waals surface area contributed by atoms with Crippen molar-refractivity contribution in [3.05, 3.63) is 47.0 Å². The number of carbonyl (C=O) groups excluding carboxylic acids is 2. The minimum Gasteiger partial charge on any atom is -0.341 e. The summed E-state index contributed by atoms with van der Waals surface area (Å²) in [5, 5.41) is 5.10. The van der Waals surface area contributed by atoms with Crippen molar-refractivity contribution in [1.82, 2.24) is 9.88 Å². The summed E-state index contributed by atoms with van der Waals surface area (Å²) >= 11 is 1.33. The standard InChI is InChI=1S/C19H26N4O2S/c1-14(2)18(25)22-19-21-16(13-26-19)12-17(24)23(11-9-20)10-8-15-6-4-3-5-7-15/h3-7,13-14H,8-12,20H2,1-2H3,(H,21,22,25). The number of nitrogens with one attached hydrogen (secondary N) is 1. The van der Waals surface area contributed by atoms with Crippen molar-refractivity contribution in [3.8, 4) is 0 Å². The number of hydrogen-bond donors (Lipinski definition) is 2. The minimum atomic E-state index is -0.109. The van der Waals surface area contributed by atoms with E-state index in [4.69, 9.17) is 5.73 Å². The van der Waals surface area contributed by atoms with Crippen LogP contribution in [0.5, 0.6) is 0 Å². The second-order valence-corrected chi connectivity index (χ2v) is 7.23. The van der Waals surface area contributed by atoms with Crippen LogP contribution in [0, 0.1) is 5.92 Å². The number of anilines is 1. The number of aromatic nitrogens is 1. The Bertz CT molecular complexity index is 715. The number of benzene rings is 1. The van der Waals surface area contributed by atoms with Crippen molar-refractivity contribution in [2.24, 2.45) is 11.7 Å². The summed E-state index contributed by atoms with van der Waals surface area (Å²) in [6.07, 6.45) is 1.00. The Morgan fingerprint density at radius 3 is 2.62 bits per heavy atom. The molecule has 0 aliphatic heterocycles. The lowest BCUT2D eigenvalue weighted by molar-refractivity contribution is -0.130. The summed E-state index contributed by atoms with van der Waals surface area (Å²) in [5.41, 5.74) is 7.52. The Morgan fingerprint density at radius 1 is 1.23 bits per heavy atom. The average Bonchev–Trinajstić information content (AvgIpc) is 3.06. The van der Waals surface area contributed by atoms with Crippen LogP contribution in [0.4, 0.5) is 5.13 Å². The zero-order valence-corrected chi connectivity index (χ0v) is 16.1. The van der Waals surface area contributed by atoms with Gasteiger partial charge in [0.2, 0.25) is 11.8 Å². The van der Waals surface area contributed by atoms with E-state index in [0.717, 1.165) is 6.42 Å². The Balaban J connectivity index is 1.92. The predicted octanol–water partition coefficient (Wildman–Crippen LogP) is 2.31. The van der Waals surface area contributed by atoms with Gasteiger partial charge in [0.15, 0.2) is 5.13 Å². The van der Waals surface area contributed by atoms with Gasteiger partial charge in [0.1, 0.15) is 0 Å². The molecule has 0 atom stereocenters. The van der Waals surface area contributed by atoms with Crippen molar-refractivity contribution < 1.29 is 9.59 Å². The Morgan fingerprint density at radius 2 is 1.96 bits per heavy atom. The molecular weight excluding hydrogens is 348 g/mol. The first-order chi connectivity index (χ1) is 12.5. The fraction of sp³-hybridized carbons (Fsp3) is 0.421. The van der Waals surface area contributed by atoms with E-state index in [1.165, 1.54) is 16.9 Å². The highest BCUT2D eigenvalue weighted by Gasteiger charge is 2.16. The molecule has 1 heterocycles. The second kappa shape index (κ2) is 10.0. The summed E-state index contributed by atoms with van der Waals surface area (Å²) in [6, 6.07) is 10.1. The van der Waals surface area contributed by atoms with E-state index in [2.05, 4.69) is 22.4 Å². The molecule has 0 aliphatic carbocycles. The molecule has 26 heavy (non-hydrogen) atoms. The molecule has 0 saturated heterocycles. The van der Waals surface area contributed by atoms with Crippen LogP contribution in [0.3, 0.4) is 0 Å². The van der Waals surface area contributed by atoms with Gasteiger partial charge in [-0.2, -0.15) is 0 Å². The Kier molecular flexibility index (Phi) is 7.74. The molecule has 0 aliphatic rings.